The van der Waals surface area contributed by atoms with E-state index in [-0.39, 0.29) is 0 Å². The molecule has 0 aliphatic heterocycles. The summed E-state index contributed by atoms with van der Waals surface area (Å²) in [6.45, 7) is 2.25. The first-order valence-corrected chi connectivity index (χ1v) is 6.19. The second-order valence-electron chi connectivity index (χ2n) is 4.71. The molecule has 1 aliphatic rings. The summed E-state index contributed by atoms with van der Waals surface area (Å²) in [7, 11) is 0. The average molecular weight is 220 g/mol. The molecule has 0 fully saturated rings. The Bertz CT molecular complexity index is 664. The molecule has 0 saturated heterocycles. The van der Waals surface area contributed by atoms with Crippen LogP contribution in [0.5, 0.6) is 0 Å². The lowest BCUT2D eigenvalue weighted by Crippen LogP contribution is -2.11. The minimum Gasteiger partial charge on any atom is -0.0651 e. The Morgan fingerprint density at radius 2 is 1.59 bits per heavy atom. The number of hydrogen-bond donors (Lipinski definition) is 0. The zero-order valence-corrected chi connectivity index (χ0v) is 10.1. The first-order chi connectivity index (χ1) is 8.34. The summed E-state index contributed by atoms with van der Waals surface area (Å²) in [5, 5.41) is 4.07. The Morgan fingerprint density at radius 1 is 0.765 bits per heavy atom. The number of hydrogen-bond acceptors (Lipinski definition) is 0. The highest BCUT2D eigenvalue weighted by atomic mass is 14.1. The molecule has 0 nitrogen and oxygen atoms in total. The van der Waals surface area contributed by atoms with Gasteiger partial charge in [0.15, 0.2) is 0 Å². The van der Waals surface area contributed by atoms with Crippen LogP contribution < -0.4 is 5.22 Å². The summed E-state index contributed by atoms with van der Waals surface area (Å²) in [4.78, 5) is 0. The monoisotopic (exact) mass is 220 g/mol. The number of aryl methyl sites for hydroxylation is 1. The maximum atomic E-state index is 2.28. The topological polar surface area (TPSA) is 0 Å². The van der Waals surface area contributed by atoms with Gasteiger partial charge in [-0.25, -0.2) is 0 Å². The van der Waals surface area contributed by atoms with Crippen molar-refractivity contribution >= 4 is 16.3 Å². The molecule has 3 aromatic rings. The highest BCUT2D eigenvalue weighted by Gasteiger charge is 2.05. The van der Waals surface area contributed by atoms with Crippen LogP contribution in [-0.4, -0.2) is 0 Å². The molecule has 84 valence electrons. The van der Waals surface area contributed by atoms with Crippen LogP contribution in [0, 0.1) is 0 Å². The molecule has 0 amide bonds. The molecule has 1 aliphatic carbocycles. The van der Waals surface area contributed by atoms with Crippen molar-refractivity contribution in [1.82, 2.24) is 0 Å². The fourth-order valence-electron chi connectivity index (χ4n) is 2.52. The van der Waals surface area contributed by atoms with E-state index in [0.29, 0.717) is 0 Å². The fraction of sp³-hybridized carbons (Fsp3) is 0.176. The molecule has 0 N–H and O–H groups in total. The molecular weight excluding hydrogens is 204 g/mol. The molecule has 3 aromatic carbocycles. The third-order valence-corrected chi connectivity index (χ3v) is 3.56. The molecular formula is C17H16. The molecule has 0 aromatic heterocycles. The van der Waals surface area contributed by atoms with Crippen LogP contribution in [0.25, 0.3) is 16.3 Å². The van der Waals surface area contributed by atoms with Crippen molar-refractivity contribution < 1.29 is 0 Å². The zero-order chi connectivity index (χ0) is 11.7. The molecule has 17 heavy (non-hydrogen) atoms. The Hall–Kier alpha value is -1.82. The van der Waals surface area contributed by atoms with Crippen molar-refractivity contribution in [2.75, 3.05) is 0 Å². The lowest BCUT2D eigenvalue weighted by Gasteiger charge is -2.11. The largest absolute Gasteiger partial charge is 0.0651 e. The summed E-state index contributed by atoms with van der Waals surface area (Å²) >= 11 is 0. The summed E-state index contributed by atoms with van der Waals surface area (Å²) in [6, 6.07) is 19.7. The highest BCUT2D eigenvalue weighted by Crippen LogP contribution is 2.17. The third-order valence-electron chi connectivity index (χ3n) is 3.56. The van der Waals surface area contributed by atoms with Crippen LogP contribution in [0.4, 0.5) is 0 Å². The molecule has 4 bridgehead atoms. The van der Waals surface area contributed by atoms with Crippen LogP contribution in [0.3, 0.4) is 0 Å². The lowest BCUT2D eigenvalue weighted by atomic mass is 9.94. The Morgan fingerprint density at radius 3 is 2.53 bits per heavy atom. The Labute approximate surface area is 102 Å². The SMILES string of the molecule is CC1=c2ccc3cccccc2c(cc3)CC1. The second kappa shape index (κ2) is 4.21. The minimum atomic E-state index is 1.16. The quantitative estimate of drug-likeness (QED) is 0.633. The van der Waals surface area contributed by atoms with Crippen LogP contribution in [0.15, 0.2) is 54.6 Å². The number of fused-ring (bicyclic) bond motifs is 6. The van der Waals surface area contributed by atoms with E-state index in [4.69, 9.17) is 0 Å². The maximum Gasteiger partial charge on any atom is -0.0152 e. The molecule has 0 unspecified atom stereocenters. The van der Waals surface area contributed by atoms with E-state index in [2.05, 4.69) is 61.5 Å². The van der Waals surface area contributed by atoms with E-state index < -0.39 is 0 Å². The predicted molar refractivity (Wildman–Crippen MR) is 74.2 cm³/mol. The smallest absolute Gasteiger partial charge is 0.0152 e. The maximum absolute atomic E-state index is 2.28. The number of rotatable bonds is 0. The van der Waals surface area contributed by atoms with Crippen molar-refractivity contribution in [1.29, 1.82) is 0 Å². The van der Waals surface area contributed by atoms with Crippen molar-refractivity contribution in [3.8, 4) is 0 Å². The van der Waals surface area contributed by atoms with Crippen molar-refractivity contribution in [3.05, 3.63) is 65.4 Å². The molecule has 0 atom stereocenters. The molecule has 0 saturated carbocycles. The van der Waals surface area contributed by atoms with Crippen LogP contribution >= 0.6 is 0 Å². The van der Waals surface area contributed by atoms with Gasteiger partial charge >= 0.3 is 0 Å². The van der Waals surface area contributed by atoms with E-state index in [1.165, 1.54) is 33.5 Å². The van der Waals surface area contributed by atoms with Crippen molar-refractivity contribution in [2.24, 2.45) is 0 Å². The highest BCUT2D eigenvalue weighted by molar-refractivity contribution is 5.70. The van der Waals surface area contributed by atoms with Gasteiger partial charge in [-0.3, -0.25) is 0 Å². The first kappa shape index (κ1) is 10.3. The van der Waals surface area contributed by atoms with Gasteiger partial charge < -0.3 is 0 Å². The zero-order valence-electron chi connectivity index (χ0n) is 10.1. The summed E-state index contributed by atoms with van der Waals surface area (Å²) in [5.41, 5.74) is 2.97. The Balaban J connectivity index is 2.63. The third kappa shape index (κ3) is 1.91. The van der Waals surface area contributed by atoms with E-state index >= 15 is 0 Å². The van der Waals surface area contributed by atoms with Gasteiger partial charge in [-0.15, -0.1) is 0 Å². The fourth-order valence-corrected chi connectivity index (χ4v) is 2.52. The van der Waals surface area contributed by atoms with E-state index in [1.807, 2.05) is 0 Å². The summed E-state index contributed by atoms with van der Waals surface area (Å²) < 4.78 is 0. The van der Waals surface area contributed by atoms with Crippen LogP contribution in [0.2, 0.25) is 0 Å². The second-order valence-corrected chi connectivity index (χ2v) is 4.71. The van der Waals surface area contributed by atoms with Gasteiger partial charge in [-0.1, -0.05) is 60.2 Å². The van der Waals surface area contributed by atoms with Gasteiger partial charge in [0.25, 0.3) is 0 Å². The van der Waals surface area contributed by atoms with E-state index in [1.54, 1.807) is 0 Å². The van der Waals surface area contributed by atoms with Gasteiger partial charge in [-0.2, -0.15) is 0 Å². The lowest BCUT2D eigenvalue weighted by molar-refractivity contribution is 0.998. The van der Waals surface area contributed by atoms with E-state index in [0.717, 1.165) is 6.42 Å². The van der Waals surface area contributed by atoms with Gasteiger partial charge in [-0.05, 0) is 41.3 Å². The molecule has 0 heterocycles. The van der Waals surface area contributed by atoms with Crippen molar-refractivity contribution in [3.63, 3.8) is 0 Å². The molecule has 0 spiro atoms. The first-order valence-electron chi connectivity index (χ1n) is 6.19. The molecule has 0 radical (unpaired) electrons. The normalized spacial score (nSPS) is 13.6. The molecule has 4 rings (SSSR count). The van der Waals surface area contributed by atoms with Crippen LogP contribution in [0.1, 0.15) is 18.9 Å². The summed E-state index contributed by atoms with van der Waals surface area (Å²) in [6.07, 6.45) is 2.35. The minimum absolute atomic E-state index is 1.16. The Kier molecular flexibility index (Phi) is 2.56. The van der Waals surface area contributed by atoms with Gasteiger partial charge in [0.05, 0.1) is 0 Å². The van der Waals surface area contributed by atoms with Gasteiger partial charge in [0.1, 0.15) is 0 Å². The average Bonchev–Trinajstić information content (AvgIpc) is 2.35. The standard InChI is InChI=1S/C17H16/c1-13-7-10-15-11-8-14-5-3-2-4-6-17(15)16(13)12-9-14/h2-6,8-9,11-12H,7,10H2,1H3. The van der Waals surface area contributed by atoms with E-state index in [9.17, 15) is 0 Å². The summed E-state index contributed by atoms with van der Waals surface area (Å²) in [5.74, 6) is 0. The van der Waals surface area contributed by atoms with Crippen LogP contribution in [-0.2, 0) is 6.42 Å². The van der Waals surface area contributed by atoms with Gasteiger partial charge in [0, 0.05) is 0 Å². The van der Waals surface area contributed by atoms with Crippen molar-refractivity contribution in [2.45, 2.75) is 19.8 Å². The molecule has 0 heteroatoms. The predicted octanol–water partition coefficient (Wildman–Crippen LogP) is 3.80. The van der Waals surface area contributed by atoms with Gasteiger partial charge in [0.2, 0.25) is 0 Å².